The summed E-state index contributed by atoms with van der Waals surface area (Å²) < 4.78 is 5.71. The molecule has 1 N–H and O–H groups in total. The van der Waals surface area contributed by atoms with Gasteiger partial charge in [-0.2, -0.15) is 5.26 Å². The second-order valence-corrected chi connectivity index (χ2v) is 6.55. The standard InChI is InChI=1S/C20H17N3O2S/c1-3-14-8-10-26-18(14)19(24)23-17-7-6-16(11-13(17)2)25-20-15(12-21)5-4-9-22-20/h4-11H,3H2,1-2H3,(H,23,24). The second kappa shape index (κ2) is 7.81. The van der Waals surface area contributed by atoms with Gasteiger partial charge in [-0.05, 0) is 66.2 Å². The highest BCUT2D eigenvalue weighted by molar-refractivity contribution is 7.12. The van der Waals surface area contributed by atoms with Crippen LogP contribution in [0.4, 0.5) is 5.69 Å². The minimum atomic E-state index is -0.106. The molecule has 1 aromatic carbocycles. The number of thiophene rings is 1. The first-order chi connectivity index (χ1) is 12.6. The minimum absolute atomic E-state index is 0.106. The summed E-state index contributed by atoms with van der Waals surface area (Å²) in [6.45, 7) is 3.92. The number of anilines is 1. The molecule has 0 bridgehead atoms. The highest BCUT2D eigenvalue weighted by Crippen LogP contribution is 2.27. The van der Waals surface area contributed by atoms with Crippen molar-refractivity contribution >= 4 is 22.9 Å². The number of amides is 1. The monoisotopic (exact) mass is 363 g/mol. The molecule has 26 heavy (non-hydrogen) atoms. The van der Waals surface area contributed by atoms with Crippen molar-refractivity contribution in [3.05, 3.63) is 69.5 Å². The van der Waals surface area contributed by atoms with E-state index in [0.29, 0.717) is 11.3 Å². The van der Waals surface area contributed by atoms with E-state index < -0.39 is 0 Å². The predicted octanol–water partition coefficient (Wildman–Crippen LogP) is 4.93. The maximum atomic E-state index is 12.5. The van der Waals surface area contributed by atoms with Crippen LogP contribution in [0.2, 0.25) is 0 Å². The average Bonchev–Trinajstić information content (AvgIpc) is 3.13. The molecule has 0 radical (unpaired) electrons. The van der Waals surface area contributed by atoms with Crippen LogP contribution in [-0.2, 0) is 6.42 Å². The average molecular weight is 363 g/mol. The summed E-state index contributed by atoms with van der Waals surface area (Å²) in [5.74, 6) is 0.712. The fourth-order valence-electron chi connectivity index (χ4n) is 2.50. The van der Waals surface area contributed by atoms with Crippen LogP contribution < -0.4 is 10.1 Å². The van der Waals surface area contributed by atoms with E-state index in [-0.39, 0.29) is 11.8 Å². The quantitative estimate of drug-likeness (QED) is 0.697. The fourth-order valence-corrected chi connectivity index (χ4v) is 3.39. The molecule has 0 aliphatic rings. The molecule has 0 unspecified atom stereocenters. The van der Waals surface area contributed by atoms with Crippen LogP contribution in [0.5, 0.6) is 11.6 Å². The van der Waals surface area contributed by atoms with Crippen LogP contribution >= 0.6 is 11.3 Å². The minimum Gasteiger partial charge on any atom is -0.438 e. The van der Waals surface area contributed by atoms with Gasteiger partial charge in [0.05, 0.1) is 4.88 Å². The summed E-state index contributed by atoms with van der Waals surface area (Å²) in [5.41, 5.74) is 3.00. The SMILES string of the molecule is CCc1ccsc1C(=O)Nc1ccc(Oc2ncccc2C#N)cc1C. The topological polar surface area (TPSA) is 75.0 Å². The third kappa shape index (κ3) is 3.73. The molecule has 0 atom stereocenters. The smallest absolute Gasteiger partial charge is 0.266 e. The molecular formula is C20H17N3O2S. The van der Waals surface area contributed by atoms with Gasteiger partial charge in [0, 0.05) is 11.9 Å². The number of carbonyl (C=O) groups is 1. The summed E-state index contributed by atoms with van der Waals surface area (Å²) in [6.07, 6.45) is 2.40. The van der Waals surface area contributed by atoms with Gasteiger partial charge in [-0.25, -0.2) is 4.98 Å². The van der Waals surface area contributed by atoms with Crippen LogP contribution in [0.1, 0.15) is 33.3 Å². The Hall–Kier alpha value is -3.17. The zero-order chi connectivity index (χ0) is 18.5. The van der Waals surface area contributed by atoms with E-state index in [2.05, 4.69) is 16.4 Å². The molecule has 0 aliphatic heterocycles. The molecule has 0 spiro atoms. The van der Waals surface area contributed by atoms with Gasteiger partial charge in [-0.15, -0.1) is 11.3 Å². The van der Waals surface area contributed by atoms with Crippen molar-refractivity contribution in [1.82, 2.24) is 4.98 Å². The van der Waals surface area contributed by atoms with Crippen LogP contribution in [0, 0.1) is 18.3 Å². The van der Waals surface area contributed by atoms with Crippen molar-refractivity contribution in [2.75, 3.05) is 5.32 Å². The second-order valence-electron chi connectivity index (χ2n) is 5.63. The number of aryl methyl sites for hydroxylation is 2. The first-order valence-electron chi connectivity index (χ1n) is 8.13. The van der Waals surface area contributed by atoms with E-state index in [9.17, 15) is 4.79 Å². The summed E-state index contributed by atoms with van der Waals surface area (Å²) in [4.78, 5) is 17.3. The molecule has 0 saturated carbocycles. The van der Waals surface area contributed by atoms with Crippen molar-refractivity contribution in [2.45, 2.75) is 20.3 Å². The van der Waals surface area contributed by atoms with Gasteiger partial charge in [0.2, 0.25) is 5.88 Å². The van der Waals surface area contributed by atoms with Crippen molar-refractivity contribution in [1.29, 1.82) is 5.26 Å². The van der Waals surface area contributed by atoms with E-state index in [1.807, 2.05) is 25.3 Å². The summed E-state index contributed by atoms with van der Waals surface area (Å²) in [5, 5.41) is 14.0. The van der Waals surface area contributed by atoms with Crippen LogP contribution in [0.3, 0.4) is 0 Å². The Bertz CT molecular complexity index is 989. The lowest BCUT2D eigenvalue weighted by Crippen LogP contribution is -2.12. The largest absolute Gasteiger partial charge is 0.438 e. The molecule has 0 aliphatic carbocycles. The van der Waals surface area contributed by atoms with Gasteiger partial charge in [0.1, 0.15) is 17.4 Å². The summed E-state index contributed by atoms with van der Waals surface area (Å²) >= 11 is 1.44. The Morgan fingerprint density at radius 2 is 2.19 bits per heavy atom. The number of benzene rings is 1. The van der Waals surface area contributed by atoms with Crippen molar-refractivity contribution < 1.29 is 9.53 Å². The van der Waals surface area contributed by atoms with Gasteiger partial charge in [-0.1, -0.05) is 6.92 Å². The molecule has 6 heteroatoms. The maximum Gasteiger partial charge on any atom is 0.266 e. The number of ether oxygens (including phenoxy) is 1. The summed E-state index contributed by atoms with van der Waals surface area (Å²) in [7, 11) is 0. The van der Waals surface area contributed by atoms with E-state index in [4.69, 9.17) is 10.00 Å². The number of pyridine rings is 1. The number of nitrogens with zero attached hydrogens (tertiary/aromatic N) is 2. The Kier molecular flexibility index (Phi) is 5.30. The number of nitrogens with one attached hydrogen (secondary N) is 1. The van der Waals surface area contributed by atoms with Crippen LogP contribution in [0.15, 0.2) is 48.0 Å². The third-order valence-electron chi connectivity index (χ3n) is 3.89. The van der Waals surface area contributed by atoms with Crippen molar-refractivity contribution in [2.24, 2.45) is 0 Å². The Balaban J connectivity index is 1.78. The number of rotatable bonds is 5. The lowest BCUT2D eigenvalue weighted by atomic mass is 10.1. The molecule has 1 amide bonds. The van der Waals surface area contributed by atoms with Crippen LogP contribution in [0.25, 0.3) is 0 Å². The Morgan fingerprint density at radius 3 is 2.92 bits per heavy atom. The van der Waals surface area contributed by atoms with E-state index >= 15 is 0 Å². The number of aromatic nitrogens is 1. The highest BCUT2D eigenvalue weighted by Gasteiger charge is 2.14. The highest BCUT2D eigenvalue weighted by atomic mass is 32.1. The molecule has 2 aromatic heterocycles. The maximum absolute atomic E-state index is 12.5. The number of nitriles is 1. The lowest BCUT2D eigenvalue weighted by Gasteiger charge is -2.11. The molecule has 0 fully saturated rings. The Morgan fingerprint density at radius 1 is 1.35 bits per heavy atom. The lowest BCUT2D eigenvalue weighted by molar-refractivity contribution is 0.102. The number of carbonyl (C=O) groups excluding carboxylic acids is 1. The first-order valence-corrected chi connectivity index (χ1v) is 9.01. The molecule has 2 heterocycles. The third-order valence-corrected chi connectivity index (χ3v) is 4.84. The zero-order valence-electron chi connectivity index (χ0n) is 14.4. The van der Waals surface area contributed by atoms with Gasteiger partial charge < -0.3 is 10.1 Å². The van der Waals surface area contributed by atoms with Gasteiger partial charge in [0.15, 0.2) is 0 Å². The first kappa shape index (κ1) is 17.6. The van der Waals surface area contributed by atoms with Gasteiger partial charge >= 0.3 is 0 Å². The predicted molar refractivity (Wildman–Crippen MR) is 102 cm³/mol. The fraction of sp³-hybridized carbons (Fsp3) is 0.150. The molecule has 3 rings (SSSR count). The normalized spacial score (nSPS) is 10.2. The zero-order valence-corrected chi connectivity index (χ0v) is 15.3. The van der Waals surface area contributed by atoms with E-state index in [1.165, 1.54) is 11.3 Å². The van der Waals surface area contributed by atoms with E-state index in [0.717, 1.165) is 28.1 Å². The molecule has 0 saturated heterocycles. The van der Waals surface area contributed by atoms with Crippen molar-refractivity contribution in [3.63, 3.8) is 0 Å². The number of hydrogen-bond donors (Lipinski definition) is 1. The summed E-state index contributed by atoms with van der Waals surface area (Å²) in [6, 6.07) is 12.7. The van der Waals surface area contributed by atoms with E-state index in [1.54, 1.807) is 36.5 Å². The molecule has 5 nitrogen and oxygen atoms in total. The van der Waals surface area contributed by atoms with Gasteiger partial charge in [0.25, 0.3) is 5.91 Å². The molecule has 130 valence electrons. The van der Waals surface area contributed by atoms with Gasteiger partial charge in [-0.3, -0.25) is 4.79 Å². The molecule has 3 aromatic rings. The van der Waals surface area contributed by atoms with Crippen LogP contribution in [-0.4, -0.2) is 10.9 Å². The Labute approximate surface area is 155 Å². The number of hydrogen-bond acceptors (Lipinski definition) is 5. The van der Waals surface area contributed by atoms with Crippen molar-refractivity contribution in [3.8, 4) is 17.7 Å². The molecular weight excluding hydrogens is 346 g/mol.